The molecule has 0 N–H and O–H groups in total. The number of fused-ring (bicyclic) bond motifs is 10. The van der Waals surface area contributed by atoms with E-state index in [0.29, 0.717) is 21.7 Å². The number of hydrogen-bond acceptors (Lipinski definition) is 0. The van der Waals surface area contributed by atoms with Crippen molar-refractivity contribution in [2.75, 3.05) is 0 Å². The molecule has 0 aromatic heterocycles. The quantitative estimate of drug-likeness (QED) is 0.291. The molecule has 7 fully saturated rings. The second kappa shape index (κ2) is 10.2. The first-order chi connectivity index (χ1) is 19.6. The van der Waals surface area contributed by atoms with Crippen LogP contribution in [0.2, 0.25) is 0 Å². The molecule has 0 heterocycles. The summed E-state index contributed by atoms with van der Waals surface area (Å²) in [6.07, 6.45) is 22.0. The summed E-state index contributed by atoms with van der Waals surface area (Å²) in [5, 5.41) is 0. The standard InChI is InChI=1S/C42H72/c1-25(2)26-15-16-31-36(20-26)42(23-29(39(3,4)5)22-30(24-42)40(6,7)8)34-18-17-33-38(37(31)34)32-19-27-13-11-12-14-28(27)21-35(32)41(33,9)10/h25-38H,11-24H2,1-10H3. The normalized spacial score (nSPS) is 51.9. The Kier molecular flexibility index (Phi) is 7.48. The summed E-state index contributed by atoms with van der Waals surface area (Å²) in [4.78, 5) is 0. The smallest absolute Gasteiger partial charge is 0.0230 e. The van der Waals surface area contributed by atoms with E-state index in [2.05, 4.69) is 69.2 Å². The summed E-state index contributed by atoms with van der Waals surface area (Å²) in [6.45, 7) is 26.4. The fourth-order valence-corrected chi connectivity index (χ4v) is 15.1. The summed E-state index contributed by atoms with van der Waals surface area (Å²) in [5.74, 6) is 14.2. The van der Waals surface area contributed by atoms with Gasteiger partial charge in [-0.05, 0) is 169 Å². The molecular weight excluding hydrogens is 504 g/mol. The van der Waals surface area contributed by atoms with Gasteiger partial charge in [0.1, 0.15) is 0 Å². The van der Waals surface area contributed by atoms with Gasteiger partial charge in [-0.25, -0.2) is 0 Å². The molecule has 0 aliphatic heterocycles. The van der Waals surface area contributed by atoms with E-state index in [4.69, 9.17) is 0 Å². The Bertz CT molecular complexity index is 962. The maximum Gasteiger partial charge on any atom is -0.0230 e. The highest BCUT2D eigenvalue weighted by atomic mass is 14.8. The van der Waals surface area contributed by atoms with Crippen molar-refractivity contribution in [2.24, 2.45) is 105 Å². The molecule has 7 aliphatic carbocycles. The molecule has 0 heteroatoms. The van der Waals surface area contributed by atoms with Crippen molar-refractivity contribution in [3.05, 3.63) is 0 Å². The minimum atomic E-state index is 0.438. The van der Waals surface area contributed by atoms with Crippen LogP contribution in [-0.4, -0.2) is 0 Å². The Morgan fingerprint density at radius 2 is 1.12 bits per heavy atom. The highest BCUT2D eigenvalue weighted by Gasteiger charge is 2.70. The van der Waals surface area contributed by atoms with Crippen molar-refractivity contribution < 1.29 is 0 Å². The van der Waals surface area contributed by atoms with Crippen LogP contribution < -0.4 is 0 Å². The lowest BCUT2D eigenvalue weighted by Gasteiger charge is -2.57. The van der Waals surface area contributed by atoms with Crippen molar-refractivity contribution in [3.63, 3.8) is 0 Å². The van der Waals surface area contributed by atoms with Gasteiger partial charge in [-0.2, -0.15) is 0 Å². The van der Waals surface area contributed by atoms with Crippen LogP contribution in [0, 0.1) is 105 Å². The molecule has 7 rings (SSSR count). The highest BCUT2D eigenvalue weighted by molar-refractivity contribution is 5.19. The average Bonchev–Trinajstić information content (AvgIpc) is 3.31. The van der Waals surface area contributed by atoms with Crippen LogP contribution in [0.25, 0.3) is 0 Å². The van der Waals surface area contributed by atoms with Gasteiger partial charge in [0.05, 0.1) is 0 Å². The van der Waals surface area contributed by atoms with Gasteiger partial charge in [-0.3, -0.25) is 0 Å². The first-order valence-corrected chi connectivity index (χ1v) is 19.6. The molecule has 0 aromatic rings. The van der Waals surface area contributed by atoms with Gasteiger partial charge in [0.2, 0.25) is 0 Å². The second-order valence-electron chi connectivity index (χ2n) is 21.4. The van der Waals surface area contributed by atoms with Crippen molar-refractivity contribution in [1.82, 2.24) is 0 Å². The van der Waals surface area contributed by atoms with E-state index in [9.17, 15) is 0 Å². The zero-order valence-electron chi connectivity index (χ0n) is 30.0. The third kappa shape index (κ3) is 4.60. The van der Waals surface area contributed by atoms with Crippen molar-refractivity contribution in [1.29, 1.82) is 0 Å². The molecule has 13 unspecified atom stereocenters. The molecule has 0 amide bonds. The van der Waals surface area contributed by atoms with E-state index in [1.807, 2.05) is 0 Å². The lowest BCUT2D eigenvalue weighted by Crippen LogP contribution is -2.49. The van der Waals surface area contributed by atoms with Crippen LogP contribution in [0.4, 0.5) is 0 Å². The third-order valence-electron chi connectivity index (χ3n) is 17.4. The predicted octanol–water partition coefficient (Wildman–Crippen LogP) is 12.3. The van der Waals surface area contributed by atoms with E-state index in [-0.39, 0.29) is 0 Å². The summed E-state index contributed by atoms with van der Waals surface area (Å²) in [6, 6.07) is 0. The third-order valence-corrected chi connectivity index (χ3v) is 17.4. The monoisotopic (exact) mass is 577 g/mol. The lowest BCUT2D eigenvalue weighted by atomic mass is 9.48. The van der Waals surface area contributed by atoms with Gasteiger partial charge in [0.25, 0.3) is 0 Å². The molecular formula is C42H72. The maximum absolute atomic E-state index is 2.79. The minimum Gasteiger partial charge on any atom is -0.0625 e. The predicted molar refractivity (Wildman–Crippen MR) is 180 cm³/mol. The molecule has 7 aliphatic rings. The van der Waals surface area contributed by atoms with E-state index in [1.165, 1.54) is 19.3 Å². The van der Waals surface area contributed by atoms with Crippen LogP contribution in [0.15, 0.2) is 0 Å². The van der Waals surface area contributed by atoms with E-state index in [0.717, 1.165) is 82.9 Å². The van der Waals surface area contributed by atoms with Crippen LogP contribution in [0.3, 0.4) is 0 Å². The second-order valence-corrected chi connectivity index (χ2v) is 21.4. The van der Waals surface area contributed by atoms with Crippen LogP contribution in [-0.2, 0) is 0 Å². The number of hydrogen-bond donors (Lipinski definition) is 0. The molecule has 0 saturated heterocycles. The summed E-state index contributed by atoms with van der Waals surface area (Å²) in [7, 11) is 0. The highest BCUT2D eigenvalue weighted by Crippen LogP contribution is 2.77. The van der Waals surface area contributed by atoms with Crippen LogP contribution >= 0.6 is 0 Å². The Morgan fingerprint density at radius 3 is 1.71 bits per heavy atom. The molecule has 0 aromatic carbocycles. The molecule has 240 valence electrons. The first-order valence-electron chi connectivity index (χ1n) is 19.6. The fraction of sp³-hybridized carbons (Fsp3) is 1.00. The van der Waals surface area contributed by atoms with Gasteiger partial charge in [0.15, 0.2) is 0 Å². The van der Waals surface area contributed by atoms with Gasteiger partial charge in [-0.15, -0.1) is 0 Å². The number of rotatable bonds is 1. The molecule has 13 atom stereocenters. The SMILES string of the molecule is CC(C)C1CCC2C3C4C5CC6CCCCC6CC5C(C)(C)C4CCC3C3(CC(C(C)(C)C)CC(C(C)(C)C)C3)C2C1. The maximum atomic E-state index is 2.79. The Hall–Kier alpha value is 0. The largest absolute Gasteiger partial charge is 0.0625 e. The fourth-order valence-electron chi connectivity index (χ4n) is 15.1. The molecule has 0 nitrogen and oxygen atoms in total. The lowest BCUT2D eigenvalue weighted by molar-refractivity contribution is -0.0791. The van der Waals surface area contributed by atoms with Crippen molar-refractivity contribution in [2.45, 2.75) is 159 Å². The van der Waals surface area contributed by atoms with Crippen molar-refractivity contribution in [3.8, 4) is 0 Å². The molecule has 42 heavy (non-hydrogen) atoms. The van der Waals surface area contributed by atoms with E-state index in [1.54, 1.807) is 70.6 Å². The summed E-state index contributed by atoms with van der Waals surface area (Å²) >= 11 is 0. The Labute approximate surface area is 263 Å². The van der Waals surface area contributed by atoms with Crippen LogP contribution in [0.1, 0.15) is 159 Å². The molecule has 0 radical (unpaired) electrons. The summed E-state index contributed by atoms with van der Waals surface area (Å²) in [5.41, 5.74) is 2.09. The molecule has 1 spiro atoms. The van der Waals surface area contributed by atoms with Gasteiger partial charge < -0.3 is 0 Å². The van der Waals surface area contributed by atoms with Gasteiger partial charge >= 0.3 is 0 Å². The van der Waals surface area contributed by atoms with E-state index < -0.39 is 0 Å². The summed E-state index contributed by atoms with van der Waals surface area (Å²) < 4.78 is 0. The van der Waals surface area contributed by atoms with Gasteiger partial charge in [0, 0.05) is 0 Å². The zero-order valence-corrected chi connectivity index (χ0v) is 30.0. The van der Waals surface area contributed by atoms with Crippen molar-refractivity contribution >= 4 is 0 Å². The topological polar surface area (TPSA) is 0 Å². The molecule has 7 saturated carbocycles. The first kappa shape index (κ1) is 30.6. The van der Waals surface area contributed by atoms with Gasteiger partial charge in [-0.1, -0.05) is 94.9 Å². The average molecular weight is 577 g/mol. The van der Waals surface area contributed by atoms with Crippen LogP contribution in [0.5, 0.6) is 0 Å². The minimum absolute atomic E-state index is 0.438. The Balaban J connectivity index is 1.31. The zero-order chi connectivity index (χ0) is 30.0. The van der Waals surface area contributed by atoms with E-state index >= 15 is 0 Å². The Morgan fingerprint density at radius 1 is 0.548 bits per heavy atom. The molecule has 0 bridgehead atoms.